The zero-order valence-corrected chi connectivity index (χ0v) is 16.1. The lowest BCUT2D eigenvalue weighted by Crippen LogP contribution is -2.49. The smallest absolute Gasteiger partial charge is 0.257 e. The summed E-state index contributed by atoms with van der Waals surface area (Å²) in [6, 6.07) is 3.82. The van der Waals surface area contributed by atoms with Crippen molar-refractivity contribution in [1.29, 1.82) is 0 Å². The van der Waals surface area contributed by atoms with Crippen LogP contribution < -0.4 is 4.90 Å². The molecule has 4 aromatic rings. The van der Waals surface area contributed by atoms with Crippen LogP contribution in [0.4, 0.5) is 5.82 Å². The van der Waals surface area contributed by atoms with Gasteiger partial charge in [0.1, 0.15) is 17.8 Å². The zero-order valence-electron chi connectivity index (χ0n) is 15.3. The summed E-state index contributed by atoms with van der Waals surface area (Å²) in [4.78, 5) is 26.0. The molecular formula is C19H18N6O2S. The van der Waals surface area contributed by atoms with E-state index in [9.17, 15) is 4.79 Å². The lowest BCUT2D eigenvalue weighted by Gasteiger charge is -2.35. The quantitative estimate of drug-likeness (QED) is 0.531. The van der Waals surface area contributed by atoms with Crippen LogP contribution in [-0.2, 0) is 7.05 Å². The zero-order chi connectivity index (χ0) is 19.1. The number of amides is 1. The highest BCUT2D eigenvalue weighted by Crippen LogP contribution is 2.29. The molecule has 0 saturated carbocycles. The monoisotopic (exact) mass is 394 g/mol. The largest absolute Gasteiger partial charge is 0.472 e. The standard InChI is InChI=1S/C19H18N6O2S/c1-23-10-14(16(22-23)13-2-8-27-11-13)19(26)25-6-4-24(5-7-25)18-17-15(3-9-28-17)20-12-21-18/h2-3,8-12H,4-7H2,1H3. The average Bonchev–Trinajstić information content (AvgIpc) is 3.47. The number of carbonyl (C=O) groups is 1. The molecule has 5 heterocycles. The van der Waals surface area contributed by atoms with Gasteiger partial charge in [-0.2, -0.15) is 5.10 Å². The lowest BCUT2D eigenvalue weighted by atomic mass is 10.1. The highest BCUT2D eigenvalue weighted by Gasteiger charge is 2.27. The van der Waals surface area contributed by atoms with Crippen molar-refractivity contribution >= 4 is 33.3 Å². The number of aromatic nitrogens is 4. The van der Waals surface area contributed by atoms with Gasteiger partial charge in [0.25, 0.3) is 5.91 Å². The number of hydrogen-bond donors (Lipinski definition) is 0. The van der Waals surface area contributed by atoms with Crippen molar-refractivity contribution in [3.8, 4) is 11.3 Å². The van der Waals surface area contributed by atoms with Crippen LogP contribution in [0.1, 0.15) is 10.4 Å². The Morgan fingerprint density at radius 3 is 2.82 bits per heavy atom. The van der Waals surface area contributed by atoms with E-state index in [0.717, 1.165) is 34.7 Å². The number of hydrogen-bond acceptors (Lipinski definition) is 7. The Morgan fingerprint density at radius 2 is 2.04 bits per heavy atom. The number of fused-ring (bicyclic) bond motifs is 1. The van der Waals surface area contributed by atoms with Gasteiger partial charge in [0.2, 0.25) is 0 Å². The number of thiophene rings is 1. The van der Waals surface area contributed by atoms with Gasteiger partial charge in [0.05, 0.1) is 28.3 Å². The minimum Gasteiger partial charge on any atom is -0.472 e. The van der Waals surface area contributed by atoms with Crippen LogP contribution in [0.3, 0.4) is 0 Å². The van der Waals surface area contributed by atoms with E-state index < -0.39 is 0 Å². The molecule has 142 valence electrons. The lowest BCUT2D eigenvalue weighted by molar-refractivity contribution is 0.0747. The number of rotatable bonds is 3. The van der Waals surface area contributed by atoms with Gasteiger partial charge in [-0.15, -0.1) is 11.3 Å². The number of carbonyl (C=O) groups excluding carboxylic acids is 1. The van der Waals surface area contributed by atoms with Crippen molar-refractivity contribution in [1.82, 2.24) is 24.6 Å². The third-order valence-corrected chi connectivity index (χ3v) is 5.84. The van der Waals surface area contributed by atoms with E-state index in [0.29, 0.717) is 24.3 Å². The van der Waals surface area contributed by atoms with Crippen LogP contribution >= 0.6 is 11.3 Å². The summed E-state index contributed by atoms with van der Waals surface area (Å²) in [5.41, 5.74) is 3.03. The molecule has 4 aromatic heterocycles. The van der Waals surface area contributed by atoms with E-state index in [-0.39, 0.29) is 5.91 Å². The van der Waals surface area contributed by atoms with Gasteiger partial charge >= 0.3 is 0 Å². The molecule has 1 saturated heterocycles. The Balaban J connectivity index is 1.35. The van der Waals surface area contributed by atoms with Gasteiger partial charge in [-0.25, -0.2) is 9.97 Å². The van der Waals surface area contributed by atoms with Crippen molar-refractivity contribution in [2.75, 3.05) is 31.1 Å². The molecule has 5 rings (SSSR count). The van der Waals surface area contributed by atoms with E-state index in [1.54, 1.807) is 41.1 Å². The predicted octanol–water partition coefficient (Wildman–Crippen LogP) is 2.65. The molecule has 8 nitrogen and oxygen atoms in total. The van der Waals surface area contributed by atoms with Crippen molar-refractivity contribution in [3.05, 3.63) is 48.1 Å². The molecule has 28 heavy (non-hydrogen) atoms. The van der Waals surface area contributed by atoms with Gasteiger partial charge in [-0.3, -0.25) is 9.48 Å². The molecule has 0 spiro atoms. The van der Waals surface area contributed by atoms with Crippen LogP contribution in [0, 0.1) is 0 Å². The molecule has 0 aromatic carbocycles. The van der Waals surface area contributed by atoms with Gasteiger partial charge in [-0.1, -0.05) is 0 Å². The van der Waals surface area contributed by atoms with Crippen molar-refractivity contribution in [2.24, 2.45) is 7.05 Å². The molecule has 1 aliphatic rings. The number of anilines is 1. The van der Waals surface area contributed by atoms with Crippen molar-refractivity contribution in [3.63, 3.8) is 0 Å². The van der Waals surface area contributed by atoms with Crippen molar-refractivity contribution < 1.29 is 9.21 Å². The second kappa shape index (κ2) is 6.75. The SMILES string of the molecule is Cn1cc(C(=O)N2CCN(c3ncnc4ccsc34)CC2)c(-c2ccoc2)n1. The van der Waals surface area contributed by atoms with Crippen LogP contribution in [0.2, 0.25) is 0 Å². The van der Waals surface area contributed by atoms with Crippen LogP contribution in [0.5, 0.6) is 0 Å². The maximum absolute atomic E-state index is 13.1. The highest BCUT2D eigenvalue weighted by molar-refractivity contribution is 7.17. The van der Waals surface area contributed by atoms with Crippen molar-refractivity contribution in [2.45, 2.75) is 0 Å². The summed E-state index contributed by atoms with van der Waals surface area (Å²) in [6.07, 6.45) is 6.58. The number of aryl methyl sites for hydroxylation is 1. The van der Waals surface area contributed by atoms with Gasteiger partial charge in [0.15, 0.2) is 0 Å². The minimum absolute atomic E-state index is 0.00657. The Bertz CT molecular complexity index is 1120. The molecule has 1 amide bonds. The summed E-state index contributed by atoms with van der Waals surface area (Å²) in [7, 11) is 1.82. The Labute approximate surface area is 165 Å². The van der Waals surface area contributed by atoms with E-state index in [2.05, 4.69) is 20.0 Å². The Hall–Kier alpha value is -3.20. The minimum atomic E-state index is -0.00657. The molecule has 9 heteroatoms. The second-order valence-corrected chi connectivity index (χ2v) is 7.60. The molecule has 0 unspecified atom stereocenters. The fourth-order valence-electron chi connectivity index (χ4n) is 3.55. The molecule has 1 fully saturated rings. The maximum Gasteiger partial charge on any atom is 0.257 e. The van der Waals surface area contributed by atoms with E-state index in [1.807, 2.05) is 29.5 Å². The number of nitrogens with zero attached hydrogens (tertiary/aromatic N) is 6. The van der Waals surface area contributed by atoms with Crippen LogP contribution in [0.25, 0.3) is 21.5 Å². The molecule has 0 aliphatic carbocycles. The third kappa shape index (κ3) is 2.84. The highest BCUT2D eigenvalue weighted by atomic mass is 32.1. The number of piperazine rings is 1. The van der Waals surface area contributed by atoms with Gasteiger partial charge in [-0.05, 0) is 17.5 Å². The molecule has 1 aliphatic heterocycles. The summed E-state index contributed by atoms with van der Waals surface area (Å²) in [6.45, 7) is 2.74. The fraction of sp³-hybridized carbons (Fsp3) is 0.263. The first kappa shape index (κ1) is 16.9. The normalized spacial score (nSPS) is 14.8. The molecule has 0 bridgehead atoms. The molecule has 0 atom stereocenters. The first-order chi connectivity index (χ1) is 13.7. The summed E-state index contributed by atoms with van der Waals surface area (Å²) in [5, 5.41) is 6.47. The summed E-state index contributed by atoms with van der Waals surface area (Å²) < 4.78 is 7.92. The average molecular weight is 394 g/mol. The van der Waals surface area contributed by atoms with E-state index >= 15 is 0 Å². The van der Waals surface area contributed by atoms with Crippen LogP contribution in [0.15, 0.2) is 47.0 Å². The topological polar surface area (TPSA) is 80.3 Å². The Kier molecular flexibility index (Phi) is 4.09. The summed E-state index contributed by atoms with van der Waals surface area (Å²) >= 11 is 1.65. The van der Waals surface area contributed by atoms with Crippen LogP contribution in [-0.4, -0.2) is 56.7 Å². The second-order valence-electron chi connectivity index (χ2n) is 6.69. The Morgan fingerprint density at radius 1 is 1.18 bits per heavy atom. The molecule has 0 radical (unpaired) electrons. The number of furan rings is 1. The van der Waals surface area contributed by atoms with E-state index in [4.69, 9.17) is 4.42 Å². The van der Waals surface area contributed by atoms with Gasteiger partial charge < -0.3 is 14.2 Å². The molecular weight excluding hydrogens is 376 g/mol. The fourth-order valence-corrected chi connectivity index (χ4v) is 4.41. The third-order valence-electron chi connectivity index (χ3n) is 4.94. The maximum atomic E-state index is 13.1. The van der Waals surface area contributed by atoms with Gasteiger partial charge in [0, 0.05) is 45.0 Å². The first-order valence-electron chi connectivity index (χ1n) is 8.99. The van der Waals surface area contributed by atoms with E-state index in [1.165, 1.54) is 0 Å². The predicted molar refractivity (Wildman–Crippen MR) is 106 cm³/mol. The first-order valence-corrected chi connectivity index (χ1v) is 9.87. The summed E-state index contributed by atoms with van der Waals surface area (Å²) in [5.74, 6) is 0.945. The molecule has 0 N–H and O–H groups in total.